The molecule has 2 atom stereocenters. The van der Waals surface area contributed by atoms with E-state index in [0.717, 1.165) is 24.4 Å². The number of fused-ring (bicyclic) bond motifs is 1. The summed E-state index contributed by atoms with van der Waals surface area (Å²) in [4.78, 5) is 11.0. The van der Waals surface area contributed by atoms with E-state index in [4.69, 9.17) is 4.74 Å². The van der Waals surface area contributed by atoms with Gasteiger partial charge in [0.15, 0.2) is 0 Å². The van der Waals surface area contributed by atoms with Crippen LogP contribution in [0.4, 0.5) is 0 Å². The topological polar surface area (TPSA) is 61.8 Å². The van der Waals surface area contributed by atoms with Gasteiger partial charge in [0.1, 0.15) is 12.8 Å². The number of piperidine rings is 1. The molecule has 5 nitrogen and oxygen atoms in total. The summed E-state index contributed by atoms with van der Waals surface area (Å²) in [5, 5.41) is 13.1. The maximum atomic E-state index is 11.0. The van der Waals surface area contributed by atoms with Crippen LogP contribution in [0.15, 0.2) is 0 Å². The first kappa shape index (κ1) is 7.97. The van der Waals surface area contributed by atoms with Gasteiger partial charge in [0, 0.05) is 0 Å². The lowest BCUT2D eigenvalue weighted by atomic mass is 10.1. The molecule has 2 aliphatic heterocycles. The summed E-state index contributed by atoms with van der Waals surface area (Å²) in [6.07, 6.45) is 1.56. The molecule has 0 spiro atoms. The molecule has 2 heterocycles. The summed E-state index contributed by atoms with van der Waals surface area (Å²) in [5.74, 6) is -0.370. The summed E-state index contributed by atoms with van der Waals surface area (Å²) in [7, 11) is 0. The van der Waals surface area contributed by atoms with E-state index in [1.165, 1.54) is 0 Å². The highest BCUT2D eigenvalue weighted by Crippen LogP contribution is 2.18. The molecule has 0 radical (unpaired) electrons. The summed E-state index contributed by atoms with van der Waals surface area (Å²) < 4.78 is 5.25. The van der Waals surface area contributed by atoms with Gasteiger partial charge in [-0.1, -0.05) is 0 Å². The number of ether oxygens (including phenoxy) is 1. The van der Waals surface area contributed by atoms with Crippen LogP contribution < -0.4 is 5.32 Å². The Morgan fingerprint density at radius 2 is 2.50 bits per heavy atom. The lowest BCUT2D eigenvalue weighted by molar-refractivity contribution is -0.223. The fourth-order valence-corrected chi connectivity index (χ4v) is 1.66. The van der Waals surface area contributed by atoms with E-state index in [1.54, 1.807) is 0 Å². The smallest absolute Gasteiger partial charge is 0.273 e. The third kappa shape index (κ3) is 1.20. The molecule has 2 aliphatic rings. The van der Waals surface area contributed by atoms with E-state index < -0.39 is 0 Å². The minimum atomic E-state index is -0.370. The van der Waals surface area contributed by atoms with Crippen molar-refractivity contribution in [1.29, 1.82) is 0 Å². The number of carbonyl (C=O) groups excluding carboxylic acids is 1. The number of morpholine rings is 1. The molecule has 2 N–H and O–H groups in total. The molecule has 0 bridgehead atoms. The van der Waals surface area contributed by atoms with Crippen molar-refractivity contribution in [3.63, 3.8) is 0 Å². The van der Waals surface area contributed by atoms with Gasteiger partial charge in [0.25, 0.3) is 5.91 Å². The molecule has 2 saturated heterocycles. The van der Waals surface area contributed by atoms with Gasteiger partial charge < -0.3 is 4.74 Å². The van der Waals surface area contributed by atoms with Crippen LogP contribution in [0.2, 0.25) is 0 Å². The number of nitrogens with zero attached hydrogens (tertiary/aromatic N) is 1. The van der Waals surface area contributed by atoms with Crippen LogP contribution in [-0.2, 0) is 9.53 Å². The number of rotatable bonds is 0. The van der Waals surface area contributed by atoms with Gasteiger partial charge in [-0.25, -0.2) is 5.06 Å². The maximum Gasteiger partial charge on any atom is 0.273 e. The van der Waals surface area contributed by atoms with E-state index in [-0.39, 0.29) is 24.8 Å². The number of nitrogens with one attached hydrogen (secondary N) is 1. The van der Waals surface area contributed by atoms with Crippen molar-refractivity contribution in [2.45, 2.75) is 25.1 Å². The van der Waals surface area contributed by atoms with Crippen LogP contribution in [-0.4, -0.2) is 41.6 Å². The molecule has 0 aromatic carbocycles. The van der Waals surface area contributed by atoms with Crippen molar-refractivity contribution in [1.82, 2.24) is 10.4 Å². The Kier molecular flexibility index (Phi) is 2.00. The Morgan fingerprint density at radius 1 is 1.67 bits per heavy atom. The zero-order valence-corrected chi connectivity index (χ0v) is 6.69. The second-order valence-corrected chi connectivity index (χ2v) is 3.13. The molecule has 0 aromatic heterocycles. The highest BCUT2D eigenvalue weighted by atomic mass is 16.6. The number of hydroxylamine groups is 2. The summed E-state index contributed by atoms with van der Waals surface area (Å²) >= 11 is 0. The van der Waals surface area contributed by atoms with E-state index in [0.29, 0.717) is 0 Å². The summed E-state index contributed by atoms with van der Waals surface area (Å²) in [5.41, 5.74) is 0. The quantitative estimate of drug-likeness (QED) is 0.475. The molecule has 2 unspecified atom stereocenters. The van der Waals surface area contributed by atoms with Gasteiger partial charge in [-0.15, -0.1) is 0 Å². The SMILES string of the molecule is O=C1COC2CCCNC2N1O. The number of amides is 1. The van der Waals surface area contributed by atoms with Crippen molar-refractivity contribution in [3.8, 4) is 0 Å². The van der Waals surface area contributed by atoms with E-state index in [1.807, 2.05) is 0 Å². The van der Waals surface area contributed by atoms with Crippen molar-refractivity contribution >= 4 is 5.91 Å². The van der Waals surface area contributed by atoms with Gasteiger partial charge in [-0.05, 0) is 19.4 Å². The molecule has 0 saturated carbocycles. The zero-order valence-electron chi connectivity index (χ0n) is 6.69. The van der Waals surface area contributed by atoms with Gasteiger partial charge in [0.05, 0.1) is 6.10 Å². The number of hydrogen-bond acceptors (Lipinski definition) is 4. The standard InChI is InChI=1S/C7H12N2O3/c10-6-4-12-5-2-1-3-8-7(5)9(6)11/h5,7-8,11H,1-4H2. The lowest BCUT2D eigenvalue weighted by Crippen LogP contribution is -2.61. The normalized spacial score (nSPS) is 36.4. The Balaban J connectivity index is 2.08. The average molecular weight is 172 g/mol. The van der Waals surface area contributed by atoms with Gasteiger partial charge in [-0.3, -0.25) is 15.3 Å². The zero-order chi connectivity index (χ0) is 8.55. The predicted octanol–water partition coefficient (Wildman–Crippen LogP) is -0.688. The van der Waals surface area contributed by atoms with Crippen LogP contribution in [0.25, 0.3) is 0 Å². The second kappa shape index (κ2) is 3.01. The highest BCUT2D eigenvalue weighted by molar-refractivity contribution is 5.77. The first-order valence-corrected chi connectivity index (χ1v) is 4.15. The highest BCUT2D eigenvalue weighted by Gasteiger charge is 2.37. The van der Waals surface area contributed by atoms with E-state index >= 15 is 0 Å². The predicted molar refractivity (Wildman–Crippen MR) is 39.4 cm³/mol. The molecule has 1 amide bonds. The first-order valence-electron chi connectivity index (χ1n) is 4.15. The Hall–Kier alpha value is -0.650. The van der Waals surface area contributed by atoms with Crippen LogP contribution in [0.1, 0.15) is 12.8 Å². The van der Waals surface area contributed by atoms with Gasteiger partial charge in [-0.2, -0.15) is 0 Å². The van der Waals surface area contributed by atoms with Gasteiger partial charge >= 0.3 is 0 Å². The first-order chi connectivity index (χ1) is 5.79. The third-order valence-electron chi connectivity index (χ3n) is 2.31. The molecular weight excluding hydrogens is 160 g/mol. The fourth-order valence-electron chi connectivity index (χ4n) is 1.66. The molecule has 0 aromatic rings. The van der Waals surface area contributed by atoms with E-state index in [2.05, 4.69) is 5.32 Å². The Labute approximate surface area is 70.3 Å². The molecule has 12 heavy (non-hydrogen) atoms. The Morgan fingerprint density at radius 3 is 3.33 bits per heavy atom. The van der Waals surface area contributed by atoms with Gasteiger partial charge in [0.2, 0.25) is 0 Å². The summed E-state index contributed by atoms with van der Waals surface area (Å²) in [6, 6.07) is 0. The summed E-state index contributed by atoms with van der Waals surface area (Å²) in [6.45, 7) is 0.828. The molecule has 68 valence electrons. The van der Waals surface area contributed by atoms with Crippen LogP contribution in [0.5, 0.6) is 0 Å². The van der Waals surface area contributed by atoms with Crippen molar-refractivity contribution < 1.29 is 14.7 Å². The average Bonchev–Trinajstić information content (AvgIpc) is 2.12. The maximum absolute atomic E-state index is 11.0. The minimum Gasteiger partial charge on any atom is -0.365 e. The van der Waals surface area contributed by atoms with Crippen molar-refractivity contribution in [2.24, 2.45) is 0 Å². The molecule has 2 fully saturated rings. The monoisotopic (exact) mass is 172 g/mol. The van der Waals surface area contributed by atoms with Crippen LogP contribution in [0, 0.1) is 0 Å². The number of carbonyl (C=O) groups is 1. The minimum absolute atomic E-state index is 0.000648. The molecule has 5 heteroatoms. The molecule has 2 rings (SSSR count). The van der Waals surface area contributed by atoms with Crippen LogP contribution in [0.3, 0.4) is 0 Å². The van der Waals surface area contributed by atoms with Crippen molar-refractivity contribution in [3.05, 3.63) is 0 Å². The fraction of sp³-hybridized carbons (Fsp3) is 0.857. The van der Waals surface area contributed by atoms with Crippen molar-refractivity contribution in [2.75, 3.05) is 13.2 Å². The van der Waals surface area contributed by atoms with E-state index in [9.17, 15) is 10.0 Å². The van der Waals surface area contributed by atoms with Crippen LogP contribution >= 0.6 is 0 Å². The number of hydrogen-bond donors (Lipinski definition) is 2. The lowest BCUT2D eigenvalue weighted by Gasteiger charge is -2.40. The second-order valence-electron chi connectivity index (χ2n) is 3.13. The third-order valence-corrected chi connectivity index (χ3v) is 2.31. The molecule has 0 aliphatic carbocycles. The Bertz CT molecular complexity index is 197. The largest absolute Gasteiger partial charge is 0.365 e. The molecular formula is C7H12N2O3.